The Morgan fingerprint density at radius 2 is 1.78 bits per heavy atom. The van der Waals surface area contributed by atoms with Gasteiger partial charge in [-0.1, -0.05) is 0 Å². The van der Waals surface area contributed by atoms with Gasteiger partial charge in [0, 0.05) is 6.20 Å². The zero-order chi connectivity index (χ0) is 17.4. The van der Waals surface area contributed by atoms with Crippen LogP contribution in [0.1, 0.15) is 24.2 Å². The van der Waals surface area contributed by atoms with Gasteiger partial charge in [-0.05, 0) is 35.8 Å². The predicted octanol–water partition coefficient (Wildman–Crippen LogP) is 2.72. The lowest BCUT2D eigenvalue weighted by Crippen LogP contribution is -2.19. The molecular weight excluding hydrogens is 390 g/mol. The van der Waals surface area contributed by atoms with Crippen LogP contribution >= 0.6 is 27.3 Å². The molecule has 1 N–H and O–H groups in total. The van der Waals surface area contributed by atoms with E-state index < -0.39 is 17.9 Å². The van der Waals surface area contributed by atoms with Crippen LogP contribution in [0.5, 0.6) is 0 Å². The summed E-state index contributed by atoms with van der Waals surface area (Å²) in [6.45, 7) is 3.49. The molecule has 0 unspecified atom stereocenters. The van der Waals surface area contributed by atoms with E-state index in [0.717, 1.165) is 6.20 Å². The largest absolute Gasteiger partial charge is 0.465 e. The summed E-state index contributed by atoms with van der Waals surface area (Å²) in [6, 6.07) is 1.57. The number of hydrogen-bond donors (Lipinski definition) is 1. The summed E-state index contributed by atoms with van der Waals surface area (Å²) in [7, 11) is 1.26. The number of thiophene rings is 1. The minimum Gasteiger partial charge on any atom is -0.465 e. The van der Waals surface area contributed by atoms with Crippen LogP contribution < -0.4 is 5.32 Å². The van der Waals surface area contributed by atoms with E-state index in [4.69, 9.17) is 9.47 Å². The first-order chi connectivity index (χ1) is 10.9. The van der Waals surface area contributed by atoms with Gasteiger partial charge < -0.3 is 19.5 Å². The van der Waals surface area contributed by atoms with E-state index in [-0.39, 0.29) is 24.4 Å². The van der Waals surface area contributed by atoms with Crippen LogP contribution in [0.25, 0.3) is 0 Å². The normalized spacial score (nSPS) is 9.74. The van der Waals surface area contributed by atoms with Gasteiger partial charge in [-0.2, -0.15) is 0 Å². The molecule has 0 saturated heterocycles. The lowest BCUT2D eigenvalue weighted by molar-refractivity contribution is -0.146. The topological polar surface area (TPSA) is 90.9 Å². The number of nitrogens with one attached hydrogen (secondary N) is 1. The third-order valence-electron chi connectivity index (χ3n) is 2.45. The number of halogens is 1. The molecule has 1 aromatic rings. The number of rotatable bonds is 7. The highest BCUT2D eigenvalue weighted by Crippen LogP contribution is 2.32. The highest BCUT2D eigenvalue weighted by atomic mass is 79.9. The van der Waals surface area contributed by atoms with Crippen molar-refractivity contribution in [1.82, 2.24) is 0 Å². The third kappa shape index (κ3) is 5.36. The lowest BCUT2D eigenvalue weighted by atomic mass is 10.3. The third-order valence-corrected chi connectivity index (χ3v) is 4.01. The van der Waals surface area contributed by atoms with Crippen molar-refractivity contribution in [3.8, 4) is 0 Å². The highest BCUT2D eigenvalue weighted by molar-refractivity contribution is 9.11. The minimum absolute atomic E-state index is 0.119. The zero-order valence-electron chi connectivity index (χ0n) is 12.8. The standard InChI is InChI=1S/C14H16BrNO6S/c1-4-21-13(18)9(14(19)22-5-2)7-16-11-8(12(17)20-3)6-10(15)23-11/h6-7,16H,4-5H2,1-3H3. The van der Waals surface area contributed by atoms with Gasteiger partial charge in [0.25, 0.3) is 0 Å². The van der Waals surface area contributed by atoms with Crippen molar-refractivity contribution in [1.29, 1.82) is 0 Å². The Kier molecular flexibility index (Phi) is 7.76. The predicted molar refractivity (Wildman–Crippen MR) is 88.3 cm³/mol. The lowest BCUT2D eigenvalue weighted by Gasteiger charge is -2.07. The monoisotopic (exact) mass is 405 g/mol. The second-order valence-electron chi connectivity index (χ2n) is 3.93. The van der Waals surface area contributed by atoms with E-state index in [1.165, 1.54) is 18.4 Å². The first-order valence-corrected chi connectivity index (χ1v) is 8.24. The summed E-state index contributed by atoms with van der Waals surface area (Å²) in [5.74, 6) is -2.17. The first-order valence-electron chi connectivity index (χ1n) is 6.63. The SMILES string of the molecule is CCOC(=O)C(=CNc1sc(Br)cc1C(=O)OC)C(=O)OCC. The van der Waals surface area contributed by atoms with Crippen molar-refractivity contribution in [3.63, 3.8) is 0 Å². The maximum atomic E-state index is 11.8. The number of hydrogen-bond acceptors (Lipinski definition) is 8. The second kappa shape index (κ2) is 9.31. The molecule has 126 valence electrons. The minimum atomic E-state index is -0.811. The van der Waals surface area contributed by atoms with Gasteiger partial charge in [0.15, 0.2) is 5.57 Å². The van der Waals surface area contributed by atoms with Crippen LogP contribution in [-0.2, 0) is 23.8 Å². The van der Waals surface area contributed by atoms with Crippen molar-refractivity contribution < 1.29 is 28.6 Å². The number of esters is 3. The fraction of sp³-hybridized carbons (Fsp3) is 0.357. The Morgan fingerprint density at radius 1 is 1.22 bits per heavy atom. The molecule has 0 fully saturated rings. The number of methoxy groups -OCH3 is 1. The number of carbonyl (C=O) groups excluding carboxylic acids is 3. The molecule has 0 bridgehead atoms. The van der Waals surface area contributed by atoms with Crippen LogP contribution in [0.15, 0.2) is 21.6 Å². The maximum absolute atomic E-state index is 11.8. The number of anilines is 1. The van der Waals surface area contributed by atoms with Crippen molar-refractivity contribution in [2.45, 2.75) is 13.8 Å². The summed E-state index contributed by atoms with van der Waals surface area (Å²) in [6.07, 6.45) is 1.15. The molecule has 0 atom stereocenters. The summed E-state index contributed by atoms with van der Waals surface area (Å²) in [4.78, 5) is 35.3. The molecule has 0 spiro atoms. The number of ether oxygens (including phenoxy) is 3. The first kappa shape index (κ1) is 19.2. The molecule has 9 heteroatoms. The molecule has 0 amide bonds. The molecular formula is C14H16BrNO6S. The fourth-order valence-corrected chi connectivity index (χ4v) is 2.94. The Bertz CT molecular complexity index is 605. The molecule has 0 saturated carbocycles. The van der Waals surface area contributed by atoms with Crippen LogP contribution in [0.3, 0.4) is 0 Å². The van der Waals surface area contributed by atoms with Crippen molar-refractivity contribution in [3.05, 3.63) is 27.2 Å². The van der Waals surface area contributed by atoms with E-state index in [1.807, 2.05) is 0 Å². The molecule has 1 rings (SSSR count). The molecule has 0 radical (unpaired) electrons. The molecule has 0 aliphatic rings. The maximum Gasteiger partial charge on any atom is 0.347 e. The van der Waals surface area contributed by atoms with Crippen LogP contribution in [0, 0.1) is 0 Å². The van der Waals surface area contributed by atoms with Crippen LogP contribution in [-0.4, -0.2) is 38.2 Å². The fourth-order valence-electron chi connectivity index (χ4n) is 1.49. The summed E-state index contributed by atoms with van der Waals surface area (Å²) in [5.41, 5.74) is -0.0262. The Morgan fingerprint density at radius 3 is 2.26 bits per heavy atom. The summed E-state index contributed by atoms with van der Waals surface area (Å²) >= 11 is 4.47. The Balaban J connectivity index is 3.07. The van der Waals surface area contributed by atoms with E-state index in [9.17, 15) is 14.4 Å². The average Bonchev–Trinajstić information content (AvgIpc) is 2.88. The summed E-state index contributed by atoms with van der Waals surface area (Å²) in [5, 5.41) is 3.16. The van der Waals surface area contributed by atoms with Crippen LogP contribution in [0.4, 0.5) is 5.00 Å². The van der Waals surface area contributed by atoms with E-state index in [1.54, 1.807) is 19.9 Å². The zero-order valence-corrected chi connectivity index (χ0v) is 15.2. The van der Waals surface area contributed by atoms with E-state index in [2.05, 4.69) is 26.0 Å². The van der Waals surface area contributed by atoms with Crippen LogP contribution in [0.2, 0.25) is 0 Å². The summed E-state index contributed by atoms with van der Waals surface area (Å²) < 4.78 is 15.0. The molecule has 1 aromatic heterocycles. The van der Waals surface area contributed by atoms with Gasteiger partial charge in [0.1, 0.15) is 5.00 Å². The quantitative estimate of drug-likeness (QED) is 0.245. The van der Waals surface area contributed by atoms with Gasteiger partial charge in [0.05, 0.1) is 29.7 Å². The molecule has 0 aromatic carbocycles. The highest BCUT2D eigenvalue weighted by Gasteiger charge is 2.22. The van der Waals surface area contributed by atoms with Gasteiger partial charge in [0.2, 0.25) is 0 Å². The molecule has 23 heavy (non-hydrogen) atoms. The molecule has 0 aliphatic heterocycles. The molecule has 7 nitrogen and oxygen atoms in total. The van der Waals surface area contributed by atoms with Gasteiger partial charge in [-0.15, -0.1) is 11.3 Å². The Labute approximate surface area is 145 Å². The van der Waals surface area contributed by atoms with Gasteiger partial charge in [-0.3, -0.25) is 0 Å². The molecule has 0 aliphatic carbocycles. The second-order valence-corrected chi connectivity index (χ2v) is 6.36. The van der Waals surface area contributed by atoms with Gasteiger partial charge in [-0.25, -0.2) is 14.4 Å². The van der Waals surface area contributed by atoms with E-state index >= 15 is 0 Å². The van der Waals surface area contributed by atoms with Crippen molar-refractivity contribution in [2.75, 3.05) is 25.6 Å². The average molecular weight is 406 g/mol. The smallest absolute Gasteiger partial charge is 0.347 e. The van der Waals surface area contributed by atoms with Crippen molar-refractivity contribution >= 4 is 50.2 Å². The number of carbonyl (C=O) groups is 3. The van der Waals surface area contributed by atoms with E-state index in [0.29, 0.717) is 8.79 Å². The Hall–Kier alpha value is -1.87. The molecule has 1 heterocycles. The van der Waals surface area contributed by atoms with Gasteiger partial charge >= 0.3 is 17.9 Å². The van der Waals surface area contributed by atoms with Crippen molar-refractivity contribution in [2.24, 2.45) is 0 Å².